The summed E-state index contributed by atoms with van der Waals surface area (Å²) in [6.45, 7) is 1.18. The third kappa shape index (κ3) is 5.75. The Morgan fingerprint density at radius 2 is 1.87 bits per heavy atom. The molecular formula is C21H27N3O5S2. The number of amides is 1. The summed E-state index contributed by atoms with van der Waals surface area (Å²) in [4.78, 5) is 18.1. The summed E-state index contributed by atoms with van der Waals surface area (Å²) in [5, 5.41) is 3.59. The number of nitrogens with one attached hydrogen (secondary N) is 2. The van der Waals surface area contributed by atoms with E-state index in [2.05, 4.69) is 15.0 Å². The molecule has 1 amide bonds. The van der Waals surface area contributed by atoms with Crippen molar-refractivity contribution in [1.29, 1.82) is 0 Å². The van der Waals surface area contributed by atoms with Crippen LogP contribution in [0.2, 0.25) is 0 Å². The Hall–Kier alpha value is -2.17. The van der Waals surface area contributed by atoms with E-state index in [-0.39, 0.29) is 10.8 Å². The maximum absolute atomic E-state index is 12.5. The fourth-order valence-corrected chi connectivity index (χ4v) is 5.81. The third-order valence-corrected chi connectivity index (χ3v) is 7.82. The van der Waals surface area contributed by atoms with E-state index >= 15 is 0 Å². The number of rotatable bonds is 9. The van der Waals surface area contributed by atoms with Crippen molar-refractivity contribution in [2.24, 2.45) is 0 Å². The minimum absolute atomic E-state index is 0.0389. The van der Waals surface area contributed by atoms with Gasteiger partial charge in [-0.05, 0) is 50.7 Å². The number of aromatic nitrogens is 1. The Balaban J connectivity index is 1.15. The first-order valence-electron chi connectivity index (χ1n) is 10.7. The van der Waals surface area contributed by atoms with Gasteiger partial charge >= 0.3 is 0 Å². The highest BCUT2D eigenvalue weighted by Gasteiger charge is 2.19. The Morgan fingerprint density at radius 1 is 1.06 bits per heavy atom. The highest BCUT2D eigenvalue weighted by Crippen LogP contribution is 2.32. The molecular weight excluding hydrogens is 438 g/mol. The molecule has 1 aromatic carbocycles. The van der Waals surface area contributed by atoms with E-state index in [4.69, 9.17) is 9.47 Å². The van der Waals surface area contributed by atoms with Gasteiger partial charge in [0.2, 0.25) is 15.9 Å². The summed E-state index contributed by atoms with van der Waals surface area (Å²) in [7, 11) is -3.61. The molecule has 0 unspecified atom stereocenters. The molecule has 0 radical (unpaired) electrons. The van der Waals surface area contributed by atoms with Crippen LogP contribution in [-0.4, -0.2) is 39.1 Å². The molecule has 0 saturated heterocycles. The summed E-state index contributed by atoms with van der Waals surface area (Å²) in [6.07, 6.45) is 6.94. The quantitative estimate of drug-likeness (QED) is 0.551. The van der Waals surface area contributed by atoms with Gasteiger partial charge in [0.15, 0.2) is 16.6 Å². The van der Waals surface area contributed by atoms with Gasteiger partial charge in [0.25, 0.3) is 0 Å². The van der Waals surface area contributed by atoms with Crippen molar-refractivity contribution in [3.8, 4) is 11.5 Å². The summed E-state index contributed by atoms with van der Waals surface area (Å²) < 4.78 is 38.4. The second kappa shape index (κ2) is 9.97. The van der Waals surface area contributed by atoms with Gasteiger partial charge in [-0.25, -0.2) is 18.1 Å². The molecule has 2 aliphatic rings. The van der Waals surface area contributed by atoms with E-state index in [1.807, 2.05) is 0 Å². The molecule has 31 heavy (non-hydrogen) atoms. The molecule has 0 atom stereocenters. The molecule has 2 aromatic rings. The number of hydrogen-bond acceptors (Lipinski definition) is 7. The van der Waals surface area contributed by atoms with Crippen LogP contribution in [-0.2, 0) is 27.7 Å². The van der Waals surface area contributed by atoms with E-state index < -0.39 is 10.0 Å². The van der Waals surface area contributed by atoms with Gasteiger partial charge in [0.1, 0.15) is 13.2 Å². The fraction of sp³-hybridized carbons (Fsp3) is 0.524. The summed E-state index contributed by atoms with van der Waals surface area (Å²) in [5.74, 6) is 0.963. The summed E-state index contributed by atoms with van der Waals surface area (Å²) >= 11 is 1.58. The molecule has 168 valence electrons. The van der Waals surface area contributed by atoms with E-state index in [0.717, 1.165) is 25.0 Å². The van der Waals surface area contributed by atoms with Crippen LogP contribution in [0.1, 0.15) is 49.1 Å². The lowest BCUT2D eigenvalue weighted by Crippen LogP contribution is -2.25. The maximum Gasteiger partial charge on any atom is 0.240 e. The zero-order valence-corrected chi connectivity index (χ0v) is 18.9. The number of carbonyl (C=O) groups excluding carboxylic acids is 1. The molecule has 10 heteroatoms. The maximum atomic E-state index is 12.5. The highest BCUT2D eigenvalue weighted by atomic mass is 32.2. The van der Waals surface area contributed by atoms with E-state index in [9.17, 15) is 13.2 Å². The lowest BCUT2D eigenvalue weighted by atomic mass is 10.0. The Kier molecular flexibility index (Phi) is 7.09. The number of benzene rings is 1. The van der Waals surface area contributed by atoms with Crippen LogP contribution in [0.5, 0.6) is 11.5 Å². The largest absolute Gasteiger partial charge is 0.486 e. The predicted molar refractivity (Wildman–Crippen MR) is 118 cm³/mol. The van der Waals surface area contributed by atoms with Gasteiger partial charge in [0.05, 0.1) is 10.6 Å². The average Bonchev–Trinajstić information content (AvgIpc) is 3.18. The first kappa shape index (κ1) is 22.0. The highest BCUT2D eigenvalue weighted by molar-refractivity contribution is 7.89. The molecule has 8 nitrogen and oxygen atoms in total. The lowest BCUT2D eigenvalue weighted by Gasteiger charge is -2.18. The van der Waals surface area contributed by atoms with Gasteiger partial charge in [-0.2, -0.15) is 0 Å². The summed E-state index contributed by atoms with van der Waals surface area (Å²) in [5.41, 5.74) is 1.14. The van der Waals surface area contributed by atoms with Crippen LogP contribution in [0.3, 0.4) is 0 Å². The van der Waals surface area contributed by atoms with Crippen molar-refractivity contribution in [3.05, 3.63) is 28.8 Å². The van der Waals surface area contributed by atoms with Crippen molar-refractivity contribution in [1.82, 2.24) is 9.71 Å². The van der Waals surface area contributed by atoms with E-state index in [1.165, 1.54) is 29.9 Å². The molecule has 0 saturated carbocycles. The van der Waals surface area contributed by atoms with Crippen LogP contribution in [0.25, 0.3) is 0 Å². The van der Waals surface area contributed by atoms with Gasteiger partial charge in [-0.15, -0.1) is 11.3 Å². The first-order chi connectivity index (χ1) is 15.0. The number of hydrogen-bond donors (Lipinski definition) is 2. The Morgan fingerprint density at radius 3 is 2.71 bits per heavy atom. The van der Waals surface area contributed by atoms with Crippen LogP contribution < -0.4 is 19.5 Å². The molecule has 0 spiro atoms. The smallest absolute Gasteiger partial charge is 0.240 e. The lowest BCUT2D eigenvalue weighted by molar-refractivity contribution is -0.116. The van der Waals surface area contributed by atoms with E-state index in [0.29, 0.717) is 55.7 Å². The topological polar surface area (TPSA) is 107 Å². The normalized spacial score (nSPS) is 15.4. The summed E-state index contributed by atoms with van der Waals surface area (Å²) in [6, 6.07) is 4.61. The predicted octanol–water partition coefficient (Wildman–Crippen LogP) is 3.27. The number of fused-ring (bicyclic) bond motifs is 2. The van der Waals surface area contributed by atoms with E-state index in [1.54, 1.807) is 17.4 Å². The molecule has 1 aliphatic heterocycles. The minimum atomic E-state index is -3.61. The van der Waals surface area contributed by atoms with Gasteiger partial charge in [0, 0.05) is 23.9 Å². The molecule has 1 aromatic heterocycles. The number of sulfonamides is 1. The van der Waals surface area contributed by atoms with Crippen molar-refractivity contribution in [2.75, 3.05) is 25.1 Å². The molecule has 1 aliphatic carbocycles. The number of ether oxygens (including phenoxy) is 2. The zero-order valence-electron chi connectivity index (χ0n) is 17.3. The third-order valence-electron chi connectivity index (χ3n) is 5.29. The number of carbonyl (C=O) groups is 1. The SMILES string of the molecule is O=C(CCCCCNS(=O)(=O)c1ccc2c(c1)OCCO2)Nc1nc2c(s1)CCCC2. The van der Waals surface area contributed by atoms with Crippen LogP contribution >= 0.6 is 11.3 Å². The number of anilines is 1. The number of thiazole rings is 1. The molecule has 2 N–H and O–H groups in total. The van der Waals surface area contributed by atoms with Crippen LogP contribution in [0.15, 0.2) is 23.1 Å². The molecule has 0 fully saturated rings. The van der Waals surface area contributed by atoms with Crippen molar-refractivity contribution in [3.63, 3.8) is 0 Å². The van der Waals surface area contributed by atoms with Gasteiger partial charge < -0.3 is 14.8 Å². The number of nitrogens with zero attached hydrogens (tertiary/aromatic N) is 1. The molecule has 4 rings (SSSR count). The fourth-order valence-electron chi connectivity index (χ4n) is 3.66. The van der Waals surface area contributed by atoms with Crippen LogP contribution in [0.4, 0.5) is 5.13 Å². The Bertz CT molecular complexity index is 1010. The monoisotopic (exact) mass is 465 g/mol. The number of aryl methyl sites for hydroxylation is 2. The zero-order chi connectivity index (χ0) is 21.7. The Labute approximate surface area is 186 Å². The standard InChI is InChI=1S/C21H27N3O5S2/c25-20(24-21-23-16-6-3-4-7-19(16)30-21)8-2-1-5-11-22-31(26,27)15-9-10-17-18(14-15)29-13-12-28-17/h9-10,14,22H,1-8,11-13H2,(H,23,24,25). The van der Waals surface area contributed by atoms with Crippen molar-refractivity contribution < 1.29 is 22.7 Å². The molecule has 2 heterocycles. The van der Waals surface area contributed by atoms with Crippen molar-refractivity contribution in [2.45, 2.75) is 56.3 Å². The second-order valence-corrected chi connectivity index (χ2v) is 10.5. The first-order valence-corrected chi connectivity index (χ1v) is 13.0. The minimum Gasteiger partial charge on any atom is -0.486 e. The van der Waals surface area contributed by atoms with Crippen LogP contribution in [0, 0.1) is 0 Å². The van der Waals surface area contributed by atoms with Gasteiger partial charge in [-0.3, -0.25) is 4.79 Å². The van der Waals surface area contributed by atoms with Crippen molar-refractivity contribution >= 4 is 32.4 Å². The number of unbranched alkanes of at least 4 members (excludes halogenated alkanes) is 2. The second-order valence-electron chi connectivity index (χ2n) is 7.66. The van der Waals surface area contributed by atoms with Gasteiger partial charge in [-0.1, -0.05) is 6.42 Å². The average molecular weight is 466 g/mol. The molecule has 0 bridgehead atoms.